The molecule has 1 fully saturated rings. The van der Waals surface area contributed by atoms with Crippen LogP contribution in [0.5, 0.6) is 0 Å². The van der Waals surface area contributed by atoms with Crippen molar-refractivity contribution in [2.75, 3.05) is 0 Å². The smallest absolute Gasteiger partial charge is 0.226 e. The standard InChI is InChI=1S/C6H3Cl3O3/c7-4(10)1-2(5(8)11)3(1)6(9)12/h1-3H. The van der Waals surface area contributed by atoms with E-state index >= 15 is 0 Å². The molecule has 0 radical (unpaired) electrons. The van der Waals surface area contributed by atoms with Gasteiger partial charge in [-0.3, -0.25) is 14.4 Å². The predicted molar refractivity (Wildman–Crippen MR) is 43.1 cm³/mol. The molecule has 0 atom stereocenters. The summed E-state index contributed by atoms with van der Waals surface area (Å²) in [6.07, 6.45) is 0. The molecule has 1 aliphatic carbocycles. The predicted octanol–water partition coefficient (Wildman–Crippen LogP) is 1.14. The van der Waals surface area contributed by atoms with Crippen molar-refractivity contribution in [1.82, 2.24) is 0 Å². The van der Waals surface area contributed by atoms with Crippen molar-refractivity contribution in [2.24, 2.45) is 17.8 Å². The SMILES string of the molecule is O=C(Cl)C1C(C(=O)Cl)C1C(=O)Cl. The number of carbonyl (C=O) groups excluding carboxylic acids is 3. The Morgan fingerprint density at radius 3 is 0.917 bits per heavy atom. The molecule has 0 spiro atoms. The average Bonchev–Trinajstić information content (AvgIpc) is 2.58. The molecule has 1 rings (SSSR count). The van der Waals surface area contributed by atoms with Gasteiger partial charge in [0.25, 0.3) is 0 Å². The number of carbonyl (C=O) groups is 3. The zero-order valence-corrected chi connectivity index (χ0v) is 7.86. The third-order valence-electron chi connectivity index (χ3n) is 1.81. The van der Waals surface area contributed by atoms with Crippen LogP contribution in [-0.2, 0) is 14.4 Å². The van der Waals surface area contributed by atoms with Gasteiger partial charge in [0, 0.05) is 0 Å². The average molecular weight is 229 g/mol. The van der Waals surface area contributed by atoms with Crippen LogP contribution in [0.3, 0.4) is 0 Å². The van der Waals surface area contributed by atoms with Gasteiger partial charge in [0.1, 0.15) is 0 Å². The quantitative estimate of drug-likeness (QED) is 0.682. The summed E-state index contributed by atoms with van der Waals surface area (Å²) in [4.78, 5) is 31.7. The maximum Gasteiger partial charge on any atom is 0.226 e. The molecule has 0 aromatic rings. The molecule has 0 aromatic heterocycles. The van der Waals surface area contributed by atoms with E-state index in [4.69, 9.17) is 34.8 Å². The van der Waals surface area contributed by atoms with E-state index < -0.39 is 33.5 Å². The highest BCUT2D eigenvalue weighted by atomic mass is 35.5. The summed E-state index contributed by atoms with van der Waals surface area (Å²) in [5.74, 6) is -2.45. The first kappa shape index (κ1) is 9.96. The molecule has 0 unspecified atom stereocenters. The maximum atomic E-state index is 10.6. The lowest BCUT2D eigenvalue weighted by Gasteiger charge is -1.81. The summed E-state index contributed by atoms with van der Waals surface area (Å²) in [5.41, 5.74) is 0. The Balaban J connectivity index is 2.74. The van der Waals surface area contributed by atoms with Gasteiger partial charge in [-0.25, -0.2) is 0 Å². The zero-order valence-electron chi connectivity index (χ0n) is 5.59. The normalized spacial score (nSPS) is 32.8. The molecule has 0 amide bonds. The second-order valence-corrected chi connectivity index (χ2v) is 3.61. The first-order chi connectivity index (χ1) is 5.46. The van der Waals surface area contributed by atoms with Crippen molar-refractivity contribution < 1.29 is 14.4 Å². The molecule has 0 bridgehead atoms. The van der Waals surface area contributed by atoms with Gasteiger partial charge in [0.2, 0.25) is 15.7 Å². The minimum Gasteiger partial charge on any atom is -0.281 e. The number of halogens is 3. The summed E-state index contributed by atoms with van der Waals surface area (Å²) in [7, 11) is 0. The van der Waals surface area contributed by atoms with Crippen LogP contribution in [-0.4, -0.2) is 15.7 Å². The Morgan fingerprint density at radius 2 is 0.833 bits per heavy atom. The van der Waals surface area contributed by atoms with E-state index in [2.05, 4.69) is 0 Å². The van der Waals surface area contributed by atoms with Gasteiger partial charge in [0.15, 0.2) is 0 Å². The summed E-state index contributed by atoms with van der Waals surface area (Å²) < 4.78 is 0. The highest BCUT2D eigenvalue weighted by molar-refractivity contribution is 6.71. The van der Waals surface area contributed by atoms with Gasteiger partial charge in [-0.05, 0) is 34.8 Å². The zero-order chi connectivity index (χ0) is 9.46. The molecule has 6 heteroatoms. The molecule has 12 heavy (non-hydrogen) atoms. The lowest BCUT2D eigenvalue weighted by molar-refractivity contribution is -0.117. The molecule has 0 heterocycles. The van der Waals surface area contributed by atoms with Gasteiger partial charge < -0.3 is 0 Å². The summed E-state index contributed by atoms with van der Waals surface area (Å²) in [6.45, 7) is 0. The summed E-state index contributed by atoms with van der Waals surface area (Å²) >= 11 is 15.3. The third-order valence-corrected chi connectivity index (χ3v) is 2.56. The Morgan fingerprint density at radius 1 is 0.667 bits per heavy atom. The van der Waals surface area contributed by atoms with E-state index in [0.717, 1.165) is 0 Å². The van der Waals surface area contributed by atoms with E-state index in [1.807, 2.05) is 0 Å². The van der Waals surface area contributed by atoms with Crippen LogP contribution in [0.1, 0.15) is 0 Å². The van der Waals surface area contributed by atoms with Crippen LogP contribution in [0, 0.1) is 17.8 Å². The van der Waals surface area contributed by atoms with Crippen LogP contribution in [0.2, 0.25) is 0 Å². The summed E-state index contributed by atoms with van der Waals surface area (Å²) in [5, 5.41) is -2.23. The Bertz CT molecular complexity index is 214. The highest BCUT2D eigenvalue weighted by Crippen LogP contribution is 2.50. The van der Waals surface area contributed by atoms with Gasteiger partial charge in [-0.15, -0.1) is 0 Å². The van der Waals surface area contributed by atoms with Crippen LogP contribution in [0.4, 0.5) is 0 Å². The van der Waals surface area contributed by atoms with E-state index in [0.29, 0.717) is 0 Å². The fourth-order valence-electron chi connectivity index (χ4n) is 1.16. The first-order valence-corrected chi connectivity index (χ1v) is 4.18. The van der Waals surface area contributed by atoms with Gasteiger partial charge in [-0.1, -0.05) is 0 Å². The fourth-order valence-corrected chi connectivity index (χ4v) is 1.97. The second-order valence-electron chi connectivity index (χ2n) is 2.49. The molecule has 3 nitrogen and oxygen atoms in total. The minimum absolute atomic E-state index is 0.743. The molecular weight excluding hydrogens is 226 g/mol. The van der Waals surface area contributed by atoms with Gasteiger partial charge in [0.05, 0.1) is 17.8 Å². The Labute approximate surface area is 83.0 Å². The van der Waals surface area contributed by atoms with Crippen molar-refractivity contribution >= 4 is 50.5 Å². The van der Waals surface area contributed by atoms with Crippen LogP contribution in [0.25, 0.3) is 0 Å². The lowest BCUT2D eigenvalue weighted by atomic mass is 10.4. The van der Waals surface area contributed by atoms with Gasteiger partial charge >= 0.3 is 0 Å². The number of hydrogen-bond acceptors (Lipinski definition) is 3. The topological polar surface area (TPSA) is 51.2 Å². The Hall–Kier alpha value is -0.120. The number of rotatable bonds is 3. The van der Waals surface area contributed by atoms with E-state index in [1.54, 1.807) is 0 Å². The molecule has 1 saturated carbocycles. The molecular formula is C6H3Cl3O3. The fraction of sp³-hybridized carbons (Fsp3) is 0.500. The van der Waals surface area contributed by atoms with Crippen molar-refractivity contribution in [1.29, 1.82) is 0 Å². The molecule has 0 aromatic carbocycles. The highest BCUT2D eigenvalue weighted by Gasteiger charge is 2.61. The van der Waals surface area contributed by atoms with E-state index in [9.17, 15) is 14.4 Å². The van der Waals surface area contributed by atoms with Crippen molar-refractivity contribution in [3.63, 3.8) is 0 Å². The summed E-state index contributed by atoms with van der Waals surface area (Å²) in [6, 6.07) is 0. The lowest BCUT2D eigenvalue weighted by Crippen LogP contribution is -1.96. The minimum atomic E-state index is -0.818. The molecule has 0 aliphatic heterocycles. The van der Waals surface area contributed by atoms with Crippen LogP contribution < -0.4 is 0 Å². The largest absolute Gasteiger partial charge is 0.281 e. The second kappa shape index (κ2) is 3.32. The van der Waals surface area contributed by atoms with E-state index in [1.165, 1.54) is 0 Å². The molecule has 1 aliphatic rings. The monoisotopic (exact) mass is 228 g/mol. The van der Waals surface area contributed by atoms with Gasteiger partial charge in [-0.2, -0.15) is 0 Å². The third kappa shape index (κ3) is 1.63. The van der Waals surface area contributed by atoms with Crippen LogP contribution >= 0.6 is 34.8 Å². The molecule has 0 saturated heterocycles. The molecule has 0 N–H and O–H groups in total. The van der Waals surface area contributed by atoms with E-state index in [-0.39, 0.29) is 0 Å². The Kier molecular flexibility index (Phi) is 2.76. The van der Waals surface area contributed by atoms with Crippen molar-refractivity contribution in [2.45, 2.75) is 0 Å². The number of hydrogen-bond donors (Lipinski definition) is 0. The van der Waals surface area contributed by atoms with Crippen molar-refractivity contribution in [3.8, 4) is 0 Å². The van der Waals surface area contributed by atoms with Crippen LogP contribution in [0.15, 0.2) is 0 Å². The van der Waals surface area contributed by atoms with Crippen molar-refractivity contribution in [3.05, 3.63) is 0 Å². The first-order valence-electron chi connectivity index (χ1n) is 3.05. The molecule has 66 valence electrons. The maximum absolute atomic E-state index is 10.6.